The van der Waals surface area contributed by atoms with Crippen LogP contribution >= 0.6 is 11.3 Å². The molecule has 0 aliphatic carbocycles. The van der Waals surface area contributed by atoms with Gasteiger partial charge in [-0.3, -0.25) is 9.69 Å². The van der Waals surface area contributed by atoms with Gasteiger partial charge in [0.05, 0.1) is 4.88 Å². The van der Waals surface area contributed by atoms with Crippen LogP contribution in [0.2, 0.25) is 0 Å². The van der Waals surface area contributed by atoms with Crippen molar-refractivity contribution < 1.29 is 9.21 Å². The largest absolute Gasteiger partial charge is 0.411 e. The van der Waals surface area contributed by atoms with Gasteiger partial charge in [0.25, 0.3) is 5.89 Å². The Hall–Kier alpha value is -2.51. The van der Waals surface area contributed by atoms with E-state index in [1.807, 2.05) is 18.4 Å². The van der Waals surface area contributed by atoms with Crippen LogP contribution in [0, 0.1) is 12.8 Å². The number of likely N-dealkylation sites (tertiary alicyclic amines) is 1. The Balaban J connectivity index is 1.18. The molecule has 1 aromatic carbocycles. The highest BCUT2D eigenvalue weighted by atomic mass is 32.1. The highest BCUT2D eigenvalue weighted by Crippen LogP contribution is 2.25. The molecule has 152 valence electrons. The molecule has 1 fully saturated rings. The lowest BCUT2D eigenvalue weighted by Crippen LogP contribution is -2.34. The van der Waals surface area contributed by atoms with Crippen LogP contribution in [0.3, 0.4) is 0 Å². The van der Waals surface area contributed by atoms with Crippen LogP contribution in [-0.2, 0) is 6.54 Å². The molecule has 1 aliphatic heterocycles. The predicted molar refractivity (Wildman–Crippen MR) is 114 cm³/mol. The van der Waals surface area contributed by atoms with Gasteiger partial charge in [-0.1, -0.05) is 30.3 Å². The lowest BCUT2D eigenvalue weighted by molar-refractivity contribution is 0.0913. The molecule has 6 nitrogen and oxygen atoms in total. The molecule has 0 saturated carbocycles. The molecule has 2 aromatic heterocycles. The Labute approximate surface area is 175 Å². The number of nitrogens with zero attached hydrogens (tertiary/aromatic N) is 3. The first-order valence-corrected chi connectivity index (χ1v) is 11.0. The van der Waals surface area contributed by atoms with Gasteiger partial charge in [0.2, 0.25) is 0 Å². The maximum atomic E-state index is 12.3. The van der Waals surface area contributed by atoms with Gasteiger partial charge in [-0.2, -0.15) is 0 Å². The normalized spacial score (nSPS) is 15.5. The molecule has 0 spiro atoms. The fraction of sp³-hybridized carbons (Fsp3) is 0.409. The minimum absolute atomic E-state index is 0.0312. The Kier molecular flexibility index (Phi) is 6.36. The van der Waals surface area contributed by atoms with Crippen LogP contribution in [0.4, 0.5) is 0 Å². The van der Waals surface area contributed by atoms with Gasteiger partial charge in [-0.15, -0.1) is 21.5 Å². The fourth-order valence-electron chi connectivity index (χ4n) is 3.70. The number of piperidine rings is 1. The molecule has 4 rings (SSSR count). The summed E-state index contributed by atoms with van der Waals surface area (Å²) < 4.78 is 5.53. The van der Waals surface area contributed by atoms with E-state index < -0.39 is 0 Å². The zero-order valence-corrected chi connectivity index (χ0v) is 17.5. The zero-order chi connectivity index (χ0) is 20.1. The van der Waals surface area contributed by atoms with E-state index in [1.54, 1.807) is 0 Å². The Morgan fingerprint density at radius 3 is 2.76 bits per heavy atom. The monoisotopic (exact) mass is 410 g/mol. The maximum Gasteiger partial charge on any atom is 0.308 e. The van der Waals surface area contributed by atoms with E-state index in [9.17, 15) is 4.79 Å². The summed E-state index contributed by atoms with van der Waals surface area (Å²) in [6, 6.07) is 12.6. The zero-order valence-electron chi connectivity index (χ0n) is 16.6. The Morgan fingerprint density at radius 2 is 2.03 bits per heavy atom. The molecule has 1 N–H and O–H groups in total. The standard InChI is InChI=1S/C22H26N4O2S/c1-16-13-19(29-15-16)21-24-25-22(28-21)20(27)23-10-7-17-8-11-26(12-9-17)14-18-5-3-2-4-6-18/h2-6,13,15,17H,7-12,14H2,1H3,(H,23,27). The fourth-order valence-corrected chi connectivity index (χ4v) is 4.52. The molecule has 1 aliphatic rings. The lowest BCUT2D eigenvalue weighted by atomic mass is 9.93. The van der Waals surface area contributed by atoms with E-state index >= 15 is 0 Å². The highest BCUT2D eigenvalue weighted by Gasteiger charge is 2.20. The number of nitrogens with one attached hydrogen (secondary N) is 1. The van der Waals surface area contributed by atoms with Crippen LogP contribution < -0.4 is 5.32 Å². The molecule has 29 heavy (non-hydrogen) atoms. The number of amides is 1. The molecule has 7 heteroatoms. The van der Waals surface area contributed by atoms with E-state index in [1.165, 1.54) is 29.7 Å². The first kappa shape index (κ1) is 19.8. The van der Waals surface area contributed by atoms with Crippen LogP contribution in [0.15, 0.2) is 46.2 Å². The number of carbonyl (C=O) groups excluding carboxylic acids is 1. The minimum Gasteiger partial charge on any atom is -0.411 e. The van der Waals surface area contributed by atoms with E-state index in [-0.39, 0.29) is 11.8 Å². The van der Waals surface area contributed by atoms with Crippen molar-refractivity contribution in [3.63, 3.8) is 0 Å². The first-order valence-electron chi connectivity index (χ1n) is 10.1. The third-order valence-corrected chi connectivity index (χ3v) is 6.39. The molecule has 1 amide bonds. The molecule has 0 bridgehead atoms. The smallest absolute Gasteiger partial charge is 0.308 e. The third-order valence-electron chi connectivity index (χ3n) is 5.35. The first-order chi connectivity index (χ1) is 14.2. The van der Waals surface area contributed by atoms with Crippen molar-refractivity contribution in [3.8, 4) is 10.8 Å². The summed E-state index contributed by atoms with van der Waals surface area (Å²) in [5, 5.41) is 12.8. The quantitative estimate of drug-likeness (QED) is 0.634. The van der Waals surface area contributed by atoms with Gasteiger partial charge in [-0.05, 0) is 67.8 Å². The Morgan fingerprint density at radius 1 is 1.24 bits per heavy atom. The summed E-state index contributed by atoms with van der Waals surface area (Å²) in [5.74, 6) is 0.788. The minimum atomic E-state index is -0.293. The molecule has 0 radical (unpaired) electrons. The van der Waals surface area contributed by atoms with Crippen molar-refractivity contribution in [2.75, 3.05) is 19.6 Å². The molecular weight excluding hydrogens is 384 g/mol. The SMILES string of the molecule is Cc1csc(-c2nnc(C(=O)NCCC3CCN(Cc4ccccc4)CC3)o2)c1. The Bertz CT molecular complexity index is 929. The number of hydrogen-bond donors (Lipinski definition) is 1. The summed E-state index contributed by atoms with van der Waals surface area (Å²) in [6.07, 6.45) is 3.33. The van der Waals surface area contributed by atoms with Crippen molar-refractivity contribution in [2.24, 2.45) is 5.92 Å². The van der Waals surface area contributed by atoms with Crippen LogP contribution in [0.5, 0.6) is 0 Å². The summed E-state index contributed by atoms with van der Waals surface area (Å²) in [4.78, 5) is 15.7. The van der Waals surface area contributed by atoms with Gasteiger partial charge >= 0.3 is 11.8 Å². The van der Waals surface area contributed by atoms with Crippen LogP contribution in [0.1, 0.15) is 41.1 Å². The molecule has 3 heterocycles. The summed E-state index contributed by atoms with van der Waals surface area (Å²) in [7, 11) is 0. The molecule has 0 unspecified atom stereocenters. The van der Waals surface area contributed by atoms with E-state index in [2.05, 4.69) is 50.7 Å². The second-order valence-electron chi connectivity index (χ2n) is 7.65. The summed E-state index contributed by atoms with van der Waals surface area (Å²) in [6.45, 7) is 5.89. The predicted octanol–water partition coefficient (Wildman–Crippen LogP) is 4.14. The van der Waals surface area contributed by atoms with Crippen molar-refractivity contribution in [1.29, 1.82) is 0 Å². The summed E-state index contributed by atoms with van der Waals surface area (Å²) >= 11 is 1.53. The van der Waals surface area contributed by atoms with Gasteiger partial charge < -0.3 is 9.73 Å². The third kappa shape index (κ3) is 5.31. The van der Waals surface area contributed by atoms with Crippen molar-refractivity contribution in [3.05, 3.63) is 58.8 Å². The number of aryl methyl sites for hydroxylation is 1. The topological polar surface area (TPSA) is 71.3 Å². The maximum absolute atomic E-state index is 12.3. The average molecular weight is 411 g/mol. The van der Waals surface area contributed by atoms with E-state index in [0.717, 1.165) is 36.5 Å². The number of benzene rings is 1. The van der Waals surface area contributed by atoms with Gasteiger partial charge in [0, 0.05) is 13.1 Å². The number of aromatic nitrogens is 2. The molecule has 0 atom stereocenters. The van der Waals surface area contributed by atoms with Crippen molar-refractivity contribution >= 4 is 17.2 Å². The highest BCUT2D eigenvalue weighted by molar-refractivity contribution is 7.13. The van der Waals surface area contributed by atoms with Gasteiger partial charge in [0.15, 0.2) is 0 Å². The average Bonchev–Trinajstić information content (AvgIpc) is 3.39. The summed E-state index contributed by atoms with van der Waals surface area (Å²) in [5.41, 5.74) is 2.51. The molecule has 3 aromatic rings. The lowest BCUT2D eigenvalue weighted by Gasteiger charge is -2.32. The van der Waals surface area contributed by atoms with Crippen LogP contribution in [0.25, 0.3) is 10.8 Å². The van der Waals surface area contributed by atoms with E-state index in [0.29, 0.717) is 18.4 Å². The number of hydrogen-bond acceptors (Lipinski definition) is 6. The van der Waals surface area contributed by atoms with Crippen molar-refractivity contribution in [2.45, 2.75) is 32.7 Å². The number of thiophene rings is 1. The van der Waals surface area contributed by atoms with E-state index in [4.69, 9.17) is 4.42 Å². The van der Waals surface area contributed by atoms with Crippen LogP contribution in [-0.4, -0.2) is 40.6 Å². The van der Waals surface area contributed by atoms with Crippen molar-refractivity contribution in [1.82, 2.24) is 20.4 Å². The number of carbonyl (C=O) groups is 1. The second kappa shape index (κ2) is 9.33. The second-order valence-corrected chi connectivity index (χ2v) is 8.56. The van der Waals surface area contributed by atoms with Gasteiger partial charge in [-0.25, -0.2) is 0 Å². The molecular formula is C22H26N4O2S. The molecule has 1 saturated heterocycles. The number of rotatable bonds is 7. The van der Waals surface area contributed by atoms with Gasteiger partial charge in [0.1, 0.15) is 0 Å².